The third-order valence-electron chi connectivity index (χ3n) is 0.367. The third-order valence-corrected chi connectivity index (χ3v) is 1.10. The van der Waals surface area contributed by atoms with Crippen LogP contribution < -0.4 is 0 Å². The van der Waals surface area contributed by atoms with E-state index in [1.54, 1.807) is 0 Å². The molecule has 0 aliphatic carbocycles. The molecular formula is C3H7CoO3P. The van der Waals surface area contributed by atoms with E-state index in [1.807, 2.05) is 0 Å². The van der Waals surface area contributed by atoms with Gasteiger partial charge in [0.05, 0.1) is 6.16 Å². The van der Waals surface area contributed by atoms with Gasteiger partial charge in [-0.1, -0.05) is 6.08 Å². The van der Waals surface area contributed by atoms with Crippen LogP contribution in [0.1, 0.15) is 0 Å². The number of hydrogen-bond donors (Lipinski definition) is 2. The van der Waals surface area contributed by atoms with Gasteiger partial charge in [0, 0.05) is 16.8 Å². The Labute approximate surface area is 58.2 Å². The van der Waals surface area contributed by atoms with Crippen LogP contribution in [0.3, 0.4) is 0 Å². The van der Waals surface area contributed by atoms with E-state index in [1.165, 1.54) is 6.08 Å². The Kier molecular flexibility index (Phi) is 6.02. The molecule has 0 aliphatic rings. The van der Waals surface area contributed by atoms with Crippen LogP contribution in [0.5, 0.6) is 0 Å². The molecule has 0 saturated carbocycles. The molecule has 0 heterocycles. The molecule has 0 aliphatic heterocycles. The summed E-state index contributed by atoms with van der Waals surface area (Å²) >= 11 is 0. The third kappa shape index (κ3) is 9.64. The van der Waals surface area contributed by atoms with E-state index in [-0.39, 0.29) is 22.9 Å². The van der Waals surface area contributed by atoms with Gasteiger partial charge in [-0.15, -0.1) is 6.58 Å². The Morgan fingerprint density at radius 1 is 1.62 bits per heavy atom. The fraction of sp³-hybridized carbons (Fsp3) is 0.333. The SMILES string of the molecule is C=CCP(=O)(O)O.[Co]. The van der Waals surface area contributed by atoms with Crippen molar-refractivity contribution in [3.05, 3.63) is 12.7 Å². The molecule has 3 nitrogen and oxygen atoms in total. The van der Waals surface area contributed by atoms with E-state index < -0.39 is 7.60 Å². The fourth-order valence-corrected chi connectivity index (χ4v) is 0.505. The second kappa shape index (κ2) is 4.29. The molecule has 0 fully saturated rings. The first-order valence-electron chi connectivity index (χ1n) is 1.72. The van der Waals surface area contributed by atoms with Crippen molar-refractivity contribution in [2.45, 2.75) is 0 Å². The molecule has 0 bridgehead atoms. The van der Waals surface area contributed by atoms with Crippen LogP contribution in [-0.2, 0) is 21.3 Å². The molecule has 0 atom stereocenters. The Hall–Kier alpha value is 0.396. The molecule has 0 spiro atoms. The summed E-state index contributed by atoms with van der Waals surface area (Å²) in [5, 5.41) is 0. The van der Waals surface area contributed by atoms with Crippen LogP contribution in [0.15, 0.2) is 12.7 Å². The quantitative estimate of drug-likeness (QED) is 0.477. The van der Waals surface area contributed by atoms with Crippen molar-refractivity contribution >= 4 is 7.60 Å². The smallest absolute Gasteiger partial charge is 0.324 e. The summed E-state index contributed by atoms with van der Waals surface area (Å²) in [6.07, 6.45) is 0.966. The van der Waals surface area contributed by atoms with Crippen LogP contribution >= 0.6 is 7.60 Å². The molecule has 0 aromatic carbocycles. The van der Waals surface area contributed by atoms with E-state index in [2.05, 4.69) is 6.58 Å². The number of allylic oxidation sites excluding steroid dienone is 1. The molecule has 0 aromatic rings. The first-order valence-corrected chi connectivity index (χ1v) is 3.51. The minimum atomic E-state index is -3.78. The van der Waals surface area contributed by atoms with Gasteiger partial charge >= 0.3 is 7.60 Å². The summed E-state index contributed by atoms with van der Waals surface area (Å²) in [4.78, 5) is 16.1. The van der Waals surface area contributed by atoms with Gasteiger partial charge in [-0.05, 0) is 0 Å². The van der Waals surface area contributed by atoms with E-state index in [0.29, 0.717) is 0 Å². The van der Waals surface area contributed by atoms with Gasteiger partial charge in [0.15, 0.2) is 0 Å². The maximum atomic E-state index is 9.85. The molecule has 0 rings (SSSR count). The predicted molar refractivity (Wildman–Crippen MR) is 27.1 cm³/mol. The van der Waals surface area contributed by atoms with Crippen molar-refractivity contribution in [3.8, 4) is 0 Å². The minimum Gasteiger partial charge on any atom is -0.324 e. The van der Waals surface area contributed by atoms with Crippen molar-refractivity contribution in [1.29, 1.82) is 0 Å². The Morgan fingerprint density at radius 2 is 2.00 bits per heavy atom. The first kappa shape index (κ1) is 11.2. The second-order valence-electron chi connectivity index (χ2n) is 1.14. The van der Waals surface area contributed by atoms with Crippen LogP contribution in [0.25, 0.3) is 0 Å². The van der Waals surface area contributed by atoms with Crippen LogP contribution in [-0.4, -0.2) is 15.9 Å². The van der Waals surface area contributed by atoms with Crippen molar-refractivity contribution < 1.29 is 31.1 Å². The minimum absolute atomic E-state index is 0. The Morgan fingerprint density at radius 3 is 2.00 bits per heavy atom. The molecular weight excluding hydrogens is 174 g/mol. The van der Waals surface area contributed by atoms with Crippen molar-refractivity contribution in [2.24, 2.45) is 0 Å². The predicted octanol–water partition coefficient (Wildman–Crippen LogP) is 0.348. The van der Waals surface area contributed by atoms with Gasteiger partial charge in [0.1, 0.15) is 0 Å². The summed E-state index contributed by atoms with van der Waals surface area (Å²) in [6.45, 7) is 3.15. The number of hydrogen-bond acceptors (Lipinski definition) is 1. The molecule has 0 amide bonds. The summed E-state index contributed by atoms with van der Waals surface area (Å²) in [5.74, 6) is 0. The van der Waals surface area contributed by atoms with E-state index in [4.69, 9.17) is 9.79 Å². The van der Waals surface area contributed by atoms with Crippen molar-refractivity contribution in [2.75, 3.05) is 6.16 Å². The van der Waals surface area contributed by atoms with Crippen molar-refractivity contribution in [3.63, 3.8) is 0 Å². The van der Waals surface area contributed by atoms with Gasteiger partial charge in [0.2, 0.25) is 0 Å². The molecule has 2 N–H and O–H groups in total. The average Bonchev–Trinajstić information content (AvgIpc) is 1.30. The zero-order chi connectivity index (χ0) is 5.91. The molecule has 0 saturated heterocycles. The van der Waals surface area contributed by atoms with Crippen LogP contribution in [0.2, 0.25) is 0 Å². The zero-order valence-corrected chi connectivity index (χ0v) is 6.01. The van der Waals surface area contributed by atoms with Crippen LogP contribution in [0, 0.1) is 0 Å². The largest absolute Gasteiger partial charge is 0.329 e. The summed E-state index contributed by atoms with van der Waals surface area (Å²) in [7, 11) is -3.78. The second-order valence-corrected chi connectivity index (χ2v) is 2.83. The molecule has 51 valence electrons. The van der Waals surface area contributed by atoms with Crippen LogP contribution in [0.4, 0.5) is 0 Å². The standard InChI is InChI=1S/C3H7O3P.Co/c1-2-3-7(4,5)6;/h2H,1,3H2,(H2,4,5,6);. The maximum absolute atomic E-state index is 9.85. The summed E-state index contributed by atoms with van der Waals surface area (Å²) in [5.41, 5.74) is 0. The Balaban J connectivity index is 0. The van der Waals surface area contributed by atoms with Gasteiger partial charge in [-0.25, -0.2) is 0 Å². The molecule has 1 radical (unpaired) electrons. The maximum Gasteiger partial charge on any atom is 0.329 e. The van der Waals surface area contributed by atoms with E-state index in [0.717, 1.165) is 0 Å². The molecule has 0 aromatic heterocycles. The zero-order valence-electron chi connectivity index (χ0n) is 4.07. The molecule has 0 unspecified atom stereocenters. The normalized spacial score (nSPS) is 9.75. The topological polar surface area (TPSA) is 57.5 Å². The first-order chi connectivity index (χ1) is 3.06. The van der Waals surface area contributed by atoms with E-state index >= 15 is 0 Å². The molecule has 8 heavy (non-hydrogen) atoms. The summed E-state index contributed by atoms with van der Waals surface area (Å²) in [6, 6.07) is 0. The summed E-state index contributed by atoms with van der Waals surface area (Å²) < 4.78 is 9.85. The van der Waals surface area contributed by atoms with Gasteiger partial charge < -0.3 is 9.79 Å². The molecule has 5 heteroatoms. The van der Waals surface area contributed by atoms with Gasteiger partial charge in [-0.3, -0.25) is 4.57 Å². The fourth-order valence-electron chi connectivity index (χ4n) is 0.168. The van der Waals surface area contributed by atoms with Gasteiger partial charge in [-0.2, -0.15) is 0 Å². The van der Waals surface area contributed by atoms with Crippen molar-refractivity contribution in [1.82, 2.24) is 0 Å². The van der Waals surface area contributed by atoms with E-state index in [9.17, 15) is 4.57 Å². The average molecular weight is 181 g/mol. The Bertz CT molecular complexity index is 107. The van der Waals surface area contributed by atoms with Gasteiger partial charge in [0.25, 0.3) is 0 Å². The monoisotopic (exact) mass is 181 g/mol. The number of rotatable bonds is 2.